The number of fused-ring (bicyclic) bond motifs is 2. The van der Waals surface area contributed by atoms with Crippen molar-refractivity contribution >= 4 is 40.5 Å². The smallest absolute Gasteiger partial charge is 0.256 e. The molecule has 0 spiro atoms. The molecule has 2 aliphatic rings. The van der Waals surface area contributed by atoms with Gasteiger partial charge in [0.15, 0.2) is 5.78 Å². The van der Waals surface area contributed by atoms with Crippen molar-refractivity contribution in [2.24, 2.45) is 11.8 Å². The molecule has 1 atom stereocenters. The molecule has 9 heteroatoms. The van der Waals surface area contributed by atoms with E-state index in [0.717, 1.165) is 31.4 Å². The quantitative estimate of drug-likeness (QED) is 0.343. The highest BCUT2D eigenvalue weighted by molar-refractivity contribution is 6.31. The van der Waals surface area contributed by atoms with Crippen molar-refractivity contribution in [1.82, 2.24) is 19.3 Å². The third-order valence-corrected chi connectivity index (χ3v) is 8.13. The third kappa shape index (κ3) is 5.04. The summed E-state index contributed by atoms with van der Waals surface area (Å²) in [4.78, 5) is 51.1. The van der Waals surface area contributed by atoms with Gasteiger partial charge in [-0.05, 0) is 74.1 Å². The van der Waals surface area contributed by atoms with Crippen molar-refractivity contribution in [1.29, 1.82) is 0 Å². The summed E-state index contributed by atoms with van der Waals surface area (Å²) in [6.07, 6.45) is 10.5. The van der Waals surface area contributed by atoms with E-state index in [0.29, 0.717) is 40.4 Å². The first-order chi connectivity index (χ1) is 19.0. The highest BCUT2D eigenvalue weighted by Gasteiger charge is 2.38. The number of rotatable bonds is 6. The van der Waals surface area contributed by atoms with Crippen molar-refractivity contribution < 1.29 is 14.4 Å². The van der Waals surface area contributed by atoms with Gasteiger partial charge in [-0.2, -0.15) is 0 Å². The van der Waals surface area contributed by atoms with Gasteiger partial charge >= 0.3 is 0 Å². The molecular formula is C30H28ClN5O3. The van der Waals surface area contributed by atoms with E-state index in [4.69, 9.17) is 11.6 Å². The van der Waals surface area contributed by atoms with Crippen LogP contribution in [-0.4, -0.2) is 49.5 Å². The maximum absolute atomic E-state index is 13.8. The molecule has 4 heterocycles. The average Bonchev–Trinajstić information content (AvgIpc) is 3.41. The Kier molecular flexibility index (Phi) is 6.87. The minimum absolute atomic E-state index is 0.0838. The van der Waals surface area contributed by atoms with E-state index in [-0.39, 0.29) is 29.4 Å². The zero-order valence-corrected chi connectivity index (χ0v) is 22.1. The Labute approximate surface area is 231 Å². The molecule has 1 unspecified atom stereocenters. The highest BCUT2D eigenvalue weighted by Crippen LogP contribution is 2.34. The standard InChI is InChI=1S/C30H28ClN5O3/c31-21-10-11-23-25(16-21)34-29(38)26(17-22-4-1-2-12-32-22)36(30(23)39)18-19-6-8-20(9-7-19)27(37)24-5-3-14-35-15-13-33-28(24)35/h1-5,10-16,19-20,26H,6-9,17-18H2,(H,34,38). The summed E-state index contributed by atoms with van der Waals surface area (Å²) in [5.41, 5.74) is 2.92. The fourth-order valence-electron chi connectivity index (χ4n) is 5.84. The van der Waals surface area contributed by atoms with Crippen LogP contribution in [0.15, 0.2) is 73.3 Å². The van der Waals surface area contributed by atoms with E-state index in [1.165, 1.54) is 0 Å². The van der Waals surface area contributed by atoms with Gasteiger partial charge in [0.1, 0.15) is 11.7 Å². The molecule has 1 aliphatic heterocycles. The van der Waals surface area contributed by atoms with Crippen molar-refractivity contribution in [3.05, 3.63) is 95.2 Å². The molecule has 1 aromatic carbocycles. The Bertz CT molecular complexity index is 1540. The second kappa shape index (κ2) is 10.6. The lowest BCUT2D eigenvalue weighted by Gasteiger charge is -2.35. The fourth-order valence-corrected chi connectivity index (χ4v) is 6.01. The molecule has 8 nitrogen and oxygen atoms in total. The average molecular weight is 542 g/mol. The van der Waals surface area contributed by atoms with Crippen LogP contribution in [-0.2, 0) is 11.2 Å². The largest absolute Gasteiger partial charge is 0.326 e. The Morgan fingerprint density at radius 2 is 1.82 bits per heavy atom. The topological polar surface area (TPSA) is 96.7 Å². The predicted octanol–water partition coefficient (Wildman–Crippen LogP) is 5.08. The second-order valence-corrected chi connectivity index (χ2v) is 10.8. The molecule has 1 saturated carbocycles. The second-order valence-electron chi connectivity index (χ2n) is 10.3. The lowest BCUT2D eigenvalue weighted by atomic mass is 9.78. The van der Waals surface area contributed by atoms with Gasteiger partial charge in [0, 0.05) is 54.4 Å². The number of pyridine rings is 2. The molecule has 198 valence electrons. The van der Waals surface area contributed by atoms with Crippen LogP contribution in [0.5, 0.6) is 0 Å². The summed E-state index contributed by atoms with van der Waals surface area (Å²) in [6, 6.07) is 13.5. The number of Topliss-reactive ketones (excluding diaryl/α,β-unsaturated/α-hetero) is 1. The number of halogens is 1. The SMILES string of the molecule is O=C(c1cccn2ccnc12)C1CCC(CN2C(=O)c3ccc(Cl)cc3NC(=O)C2Cc2ccccn2)CC1. The maximum atomic E-state index is 13.8. The van der Waals surface area contributed by atoms with E-state index in [9.17, 15) is 14.4 Å². The molecule has 1 N–H and O–H groups in total. The van der Waals surface area contributed by atoms with Crippen molar-refractivity contribution in [3.8, 4) is 0 Å². The normalized spacial score (nSPS) is 21.4. The molecule has 1 fully saturated rings. The van der Waals surface area contributed by atoms with Crippen LogP contribution in [0.25, 0.3) is 5.65 Å². The molecule has 6 rings (SSSR count). The minimum Gasteiger partial charge on any atom is -0.326 e. The Morgan fingerprint density at radius 3 is 2.62 bits per heavy atom. The molecule has 3 aromatic heterocycles. The number of imidazole rings is 1. The van der Waals surface area contributed by atoms with E-state index in [1.54, 1.807) is 35.5 Å². The van der Waals surface area contributed by atoms with Crippen LogP contribution < -0.4 is 5.32 Å². The molecular weight excluding hydrogens is 514 g/mol. The van der Waals surface area contributed by atoms with Crippen LogP contribution in [0.3, 0.4) is 0 Å². The summed E-state index contributed by atoms with van der Waals surface area (Å²) in [6.45, 7) is 0.433. The summed E-state index contributed by atoms with van der Waals surface area (Å²) in [7, 11) is 0. The van der Waals surface area contributed by atoms with E-state index < -0.39 is 6.04 Å². The zero-order valence-electron chi connectivity index (χ0n) is 21.3. The van der Waals surface area contributed by atoms with E-state index in [1.807, 2.05) is 47.1 Å². The van der Waals surface area contributed by atoms with Gasteiger partial charge in [-0.3, -0.25) is 19.4 Å². The number of amides is 2. The number of aromatic nitrogens is 3. The number of nitrogens with one attached hydrogen (secondary N) is 1. The van der Waals surface area contributed by atoms with Crippen LogP contribution in [0.1, 0.15) is 52.1 Å². The maximum Gasteiger partial charge on any atom is 0.256 e. The molecule has 2 amide bonds. The Morgan fingerprint density at radius 1 is 0.974 bits per heavy atom. The molecule has 1 aliphatic carbocycles. The number of hydrogen-bond acceptors (Lipinski definition) is 5. The molecule has 4 aromatic rings. The molecule has 0 bridgehead atoms. The Hall–Kier alpha value is -4.04. The number of ketones is 1. The van der Waals surface area contributed by atoms with Gasteiger partial charge in [-0.15, -0.1) is 0 Å². The van der Waals surface area contributed by atoms with E-state index >= 15 is 0 Å². The third-order valence-electron chi connectivity index (χ3n) is 7.90. The lowest BCUT2D eigenvalue weighted by Crippen LogP contribution is -2.49. The first kappa shape index (κ1) is 25.2. The number of carbonyl (C=O) groups is 3. The molecule has 39 heavy (non-hydrogen) atoms. The predicted molar refractivity (Wildman–Crippen MR) is 148 cm³/mol. The van der Waals surface area contributed by atoms with Crippen LogP contribution in [0.4, 0.5) is 5.69 Å². The Balaban J connectivity index is 1.21. The monoisotopic (exact) mass is 541 g/mol. The summed E-state index contributed by atoms with van der Waals surface area (Å²) >= 11 is 6.17. The molecule has 0 saturated heterocycles. The molecule has 0 radical (unpaired) electrons. The minimum atomic E-state index is -0.712. The van der Waals surface area contributed by atoms with Gasteiger partial charge in [0.2, 0.25) is 5.91 Å². The number of anilines is 1. The van der Waals surface area contributed by atoms with Gasteiger partial charge in [0.25, 0.3) is 5.91 Å². The van der Waals surface area contributed by atoms with Crippen molar-refractivity contribution in [3.63, 3.8) is 0 Å². The summed E-state index contributed by atoms with van der Waals surface area (Å²) in [5, 5.41) is 3.37. The van der Waals surface area contributed by atoms with Gasteiger partial charge in [-0.25, -0.2) is 4.98 Å². The van der Waals surface area contributed by atoms with Crippen LogP contribution in [0, 0.1) is 11.8 Å². The highest BCUT2D eigenvalue weighted by atomic mass is 35.5. The van der Waals surface area contributed by atoms with Gasteiger partial charge < -0.3 is 14.6 Å². The fraction of sp³-hybridized carbons (Fsp3) is 0.300. The first-order valence-electron chi connectivity index (χ1n) is 13.2. The number of carbonyl (C=O) groups excluding carboxylic acids is 3. The van der Waals surface area contributed by atoms with Gasteiger partial charge in [-0.1, -0.05) is 17.7 Å². The van der Waals surface area contributed by atoms with Gasteiger partial charge in [0.05, 0.1) is 16.8 Å². The van der Waals surface area contributed by atoms with Crippen LogP contribution >= 0.6 is 11.6 Å². The van der Waals surface area contributed by atoms with Crippen molar-refractivity contribution in [2.75, 3.05) is 11.9 Å². The number of hydrogen-bond donors (Lipinski definition) is 1. The first-order valence-corrected chi connectivity index (χ1v) is 13.6. The zero-order chi connectivity index (χ0) is 26.9. The summed E-state index contributed by atoms with van der Waals surface area (Å²) in [5.74, 6) is -0.251. The number of benzene rings is 1. The van der Waals surface area contributed by atoms with Crippen LogP contribution in [0.2, 0.25) is 5.02 Å². The van der Waals surface area contributed by atoms with E-state index in [2.05, 4.69) is 15.3 Å². The lowest BCUT2D eigenvalue weighted by molar-refractivity contribution is -0.120. The number of nitrogens with zero attached hydrogens (tertiary/aromatic N) is 4. The summed E-state index contributed by atoms with van der Waals surface area (Å²) < 4.78 is 1.86. The van der Waals surface area contributed by atoms with Crippen molar-refractivity contribution in [2.45, 2.75) is 38.1 Å².